The molecule has 0 aromatic heterocycles. The van der Waals surface area contributed by atoms with Gasteiger partial charge >= 0.3 is 0 Å². The third kappa shape index (κ3) is 5.57. The first-order valence-corrected chi connectivity index (χ1v) is 3.51. The number of aliphatic hydroxyl groups is 1. The Balaban J connectivity index is 3.27. The van der Waals surface area contributed by atoms with Crippen LogP contribution in [0.4, 0.5) is 0 Å². The van der Waals surface area contributed by atoms with Crippen molar-refractivity contribution in [1.29, 1.82) is 0 Å². The maximum Gasteiger partial charge on any atom is 0.0549 e. The topological polar surface area (TPSA) is 20.2 Å². The predicted molar refractivity (Wildman–Crippen MR) is 40.3 cm³/mol. The van der Waals surface area contributed by atoms with Crippen molar-refractivity contribution in [1.82, 2.24) is 0 Å². The second-order valence-corrected chi connectivity index (χ2v) is 2.55. The van der Waals surface area contributed by atoms with Gasteiger partial charge in [-0.2, -0.15) is 0 Å². The summed E-state index contributed by atoms with van der Waals surface area (Å²) in [5, 5.41) is 8.89. The van der Waals surface area contributed by atoms with Crippen LogP contribution in [0.2, 0.25) is 0 Å². The van der Waals surface area contributed by atoms with Crippen LogP contribution in [-0.4, -0.2) is 11.2 Å². The van der Waals surface area contributed by atoms with Crippen molar-refractivity contribution in [2.45, 2.75) is 39.2 Å². The van der Waals surface area contributed by atoms with Gasteiger partial charge in [-0.1, -0.05) is 25.5 Å². The molecule has 0 saturated carbocycles. The molecule has 0 aliphatic carbocycles. The van der Waals surface area contributed by atoms with Crippen molar-refractivity contribution >= 4 is 0 Å². The molecule has 0 fully saturated rings. The molecule has 0 bridgehead atoms. The summed E-state index contributed by atoms with van der Waals surface area (Å²) in [5.74, 6) is 0. The summed E-state index contributed by atoms with van der Waals surface area (Å²) < 4.78 is 0. The lowest BCUT2D eigenvalue weighted by Gasteiger charge is -2.04. The van der Waals surface area contributed by atoms with Gasteiger partial charge in [0.25, 0.3) is 0 Å². The largest absolute Gasteiger partial charge is 0.393 e. The van der Waals surface area contributed by atoms with Crippen LogP contribution in [0.25, 0.3) is 0 Å². The third-order valence-electron chi connectivity index (χ3n) is 1.19. The van der Waals surface area contributed by atoms with Crippen molar-refractivity contribution in [2.75, 3.05) is 0 Å². The van der Waals surface area contributed by atoms with E-state index in [4.69, 9.17) is 5.11 Å². The van der Waals surface area contributed by atoms with Gasteiger partial charge in [0.05, 0.1) is 6.10 Å². The summed E-state index contributed by atoms with van der Waals surface area (Å²) in [7, 11) is 0. The summed E-state index contributed by atoms with van der Waals surface area (Å²) in [6.07, 6.45) is 2.72. The number of hydrogen-bond donors (Lipinski definition) is 1. The van der Waals surface area contributed by atoms with E-state index in [0.29, 0.717) is 0 Å². The van der Waals surface area contributed by atoms with E-state index in [1.807, 2.05) is 0 Å². The number of hydrogen-bond acceptors (Lipinski definition) is 1. The smallest absolute Gasteiger partial charge is 0.0549 e. The molecular weight excluding hydrogens is 112 g/mol. The average molecular weight is 128 g/mol. The lowest BCUT2D eigenvalue weighted by Crippen LogP contribution is -2.00. The van der Waals surface area contributed by atoms with E-state index in [9.17, 15) is 0 Å². The highest BCUT2D eigenvalue weighted by molar-refractivity contribution is 4.94. The van der Waals surface area contributed by atoms with Crippen molar-refractivity contribution in [3.63, 3.8) is 0 Å². The fraction of sp³-hybridized carbons (Fsp3) is 0.750. The second-order valence-electron chi connectivity index (χ2n) is 2.55. The van der Waals surface area contributed by atoms with Crippen LogP contribution in [-0.2, 0) is 0 Å². The molecule has 0 heterocycles. The monoisotopic (exact) mass is 128 g/mol. The molecule has 0 spiro atoms. The van der Waals surface area contributed by atoms with Crippen molar-refractivity contribution < 1.29 is 5.11 Å². The molecule has 0 aliphatic rings. The molecule has 9 heavy (non-hydrogen) atoms. The van der Waals surface area contributed by atoms with Gasteiger partial charge in [0, 0.05) is 0 Å². The van der Waals surface area contributed by atoms with Crippen LogP contribution in [0.1, 0.15) is 33.1 Å². The van der Waals surface area contributed by atoms with Crippen LogP contribution in [0.3, 0.4) is 0 Å². The minimum absolute atomic E-state index is 0.218. The highest BCUT2D eigenvalue weighted by atomic mass is 16.3. The van der Waals surface area contributed by atoms with Gasteiger partial charge in [0.15, 0.2) is 0 Å². The van der Waals surface area contributed by atoms with Crippen molar-refractivity contribution in [3.05, 3.63) is 12.2 Å². The lowest BCUT2D eigenvalue weighted by molar-refractivity contribution is 0.194. The van der Waals surface area contributed by atoms with Crippen LogP contribution in [0.15, 0.2) is 12.2 Å². The van der Waals surface area contributed by atoms with Crippen molar-refractivity contribution in [2.24, 2.45) is 0 Å². The maximum atomic E-state index is 8.89. The fourth-order valence-corrected chi connectivity index (χ4v) is 0.873. The Hall–Kier alpha value is -0.300. The van der Waals surface area contributed by atoms with E-state index >= 15 is 0 Å². The zero-order valence-electron chi connectivity index (χ0n) is 6.35. The molecule has 0 aromatic rings. The molecule has 0 aromatic carbocycles. The first-order chi connectivity index (χ1) is 4.16. The second kappa shape index (κ2) is 4.57. The molecule has 1 atom stereocenters. The first kappa shape index (κ1) is 8.70. The molecule has 1 unspecified atom stereocenters. The van der Waals surface area contributed by atoms with E-state index in [2.05, 4.69) is 13.5 Å². The summed E-state index contributed by atoms with van der Waals surface area (Å²) in [4.78, 5) is 0. The molecule has 0 amide bonds. The highest BCUT2D eigenvalue weighted by Gasteiger charge is 1.97. The Morgan fingerprint density at radius 2 is 2.22 bits per heavy atom. The van der Waals surface area contributed by atoms with Crippen LogP contribution in [0, 0.1) is 0 Å². The van der Waals surface area contributed by atoms with E-state index in [0.717, 1.165) is 24.8 Å². The van der Waals surface area contributed by atoms with Crippen LogP contribution >= 0.6 is 0 Å². The Morgan fingerprint density at radius 1 is 1.67 bits per heavy atom. The van der Waals surface area contributed by atoms with Gasteiger partial charge in [-0.05, 0) is 19.8 Å². The standard InChI is InChI=1S/C8H16O/c1-4-5-7(2)6-8(3)9/h8-9H,2,4-6H2,1,3H3. The first-order valence-electron chi connectivity index (χ1n) is 3.51. The number of rotatable bonds is 4. The van der Waals surface area contributed by atoms with Gasteiger partial charge < -0.3 is 5.11 Å². The quantitative estimate of drug-likeness (QED) is 0.575. The Morgan fingerprint density at radius 3 is 2.56 bits per heavy atom. The molecule has 0 radical (unpaired) electrons. The van der Waals surface area contributed by atoms with E-state index in [1.54, 1.807) is 6.92 Å². The number of aliphatic hydroxyl groups excluding tert-OH is 1. The Labute approximate surface area is 57.4 Å². The maximum absolute atomic E-state index is 8.89. The molecule has 0 saturated heterocycles. The summed E-state index contributed by atoms with van der Waals surface area (Å²) in [6, 6.07) is 0. The van der Waals surface area contributed by atoms with Gasteiger partial charge in [-0.15, -0.1) is 0 Å². The van der Waals surface area contributed by atoms with Crippen molar-refractivity contribution in [3.8, 4) is 0 Å². The van der Waals surface area contributed by atoms with E-state index in [1.165, 1.54) is 0 Å². The van der Waals surface area contributed by atoms with Crippen LogP contribution < -0.4 is 0 Å². The van der Waals surface area contributed by atoms with Gasteiger partial charge in [-0.3, -0.25) is 0 Å². The molecule has 54 valence electrons. The normalized spacial score (nSPS) is 13.2. The minimum atomic E-state index is -0.218. The summed E-state index contributed by atoms with van der Waals surface area (Å²) in [5.41, 5.74) is 1.16. The lowest BCUT2D eigenvalue weighted by atomic mass is 10.1. The minimum Gasteiger partial charge on any atom is -0.393 e. The molecule has 0 aliphatic heterocycles. The van der Waals surface area contributed by atoms with E-state index in [-0.39, 0.29) is 6.10 Å². The molecule has 1 N–H and O–H groups in total. The van der Waals surface area contributed by atoms with Gasteiger partial charge in [0.2, 0.25) is 0 Å². The van der Waals surface area contributed by atoms with E-state index < -0.39 is 0 Å². The summed E-state index contributed by atoms with van der Waals surface area (Å²) in [6.45, 7) is 7.74. The molecular formula is C8H16O. The SMILES string of the molecule is C=C(CCC)CC(C)O. The molecule has 1 heteroatoms. The summed E-state index contributed by atoms with van der Waals surface area (Å²) >= 11 is 0. The Bertz CT molecular complexity index is 84.6. The third-order valence-corrected chi connectivity index (χ3v) is 1.19. The molecule has 1 nitrogen and oxygen atoms in total. The Kier molecular flexibility index (Phi) is 4.41. The van der Waals surface area contributed by atoms with Crippen LogP contribution in [0.5, 0.6) is 0 Å². The van der Waals surface area contributed by atoms with Gasteiger partial charge in [-0.25, -0.2) is 0 Å². The fourth-order valence-electron chi connectivity index (χ4n) is 0.873. The zero-order chi connectivity index (χ0) is 7.28. The predicted octanol–water partition coefficient (Wildman–Crippen LogP) is 2.11. The van der Waals surface area contributed by atoms with Gasteiger partial charge in [0.1, 0.15) is 0 Å². The molecule has 0 rings (SSSR count). The highest BCUT2D eigenvalue weighted by Crippen LogP contribution is 2.08. The average Bonchev–Trinajstić information content (AvgIpc) is 1.63. The zero-order valence-corrected chi connectivity index (χ0v) is 6.35.